The molecule has 0 amide bonds. The number of nitrogens with one attached hydrogen (secondary N) is 1. The molecule has 1 aliphatic rings. The summed E-state index contributed by atoms with van der Waals surface area (Å²) in [5.41, 5.74) is 1.26. The van der Waals surface area contributed by atoms with Crippen molar-refractivity contribution in [2.24, 2.45) is 0 Å². The van der Waals surface area contributed by atoms with Crippen molar-refractivity contribution in [2.75, 3.05) is 18.6 Å². The molecule has 0 aromatic heterocycles. The molecule has 4 nitrogen and oxygen atoms in total. The van der Waals surface area contributed by atoms with Gasteiger partial charge in [-0.3, -0.25) is 0 Å². The highest BCUT2D eigenvalue weighted by Crippen LogP contribution is 2.15. The first-order valence-corrected chi connectivity index (χ1v) is 8.90. The maximum Gasteiger partial charge on any atom is 0.150 e. The molecular formula is C15H23NO3S. The van der Waals surface area contributed by atoms with Crippen LogP contribution in [0.5, 0.6) is 5.75 Å². The van der Waals surface area contributed by atoms with E-state index >= 15 is 0 Å². The molecule has 1 N–H and O–H groups in total. The lowest BCUT2D eigenvalue weighted by Gasteiger charge is -2.26. The lowest BCUT2D eigenvalue weighted by atomic mass is 10.0. The Balaban J connectivity index is 1.81. The fourth-order valence-electron chi connectivity index (χ4n) is 2.63. The predicted octanol–water partition coefficient (Wildman–Crippen LogP) is 1.79. The van der Waals surface area contributed by atoms with Gasteiger partial charge in [0.1, 0.15) is 15.6 Å². The van der Waals surface area contributed by atoms with Crippen LogP contribution in [0.15, 0.2) is 24.3 Å². The summed E-state index contributed by atoms with van der Waals surface area (Å²) >= 11 is 0. The number of ether oxygens (including phenoxy) is 1. The summed E-state index contributed by atoms with van der Waals surface area (Å²) in [5.74, 6) is 1.51. The molecule has 1 aromatic rings. The number of benzene rings is 1. The van der Waals surface area contributed by atoms with Gasteiger partial charge in [-0.1, -0.05) is 12.1 Å². The van der Waals surface area contributed by atoms with E-state index in [1.54, 1.807) is 7.11 Å². The molecule has 1 atom stereocenters. The molecule has 1 saturated heterocycles. The Hall–Kier alpha value is -1.07. The van der Waals surface area contributed by atoms with E-state index in [-0.39, 0.29) is 0 Å². The monoisotopic (exact) mass is 297 g/mol. The number of sulfone groups is 1. The molecule has 112 valence electrons. The SMILES string of the molecule is COc1ccc(CC(C)NC2CCS(=O)(=O)CC2)cc1. The van der Waals surface area contributed by atoms with E-state index in [1.807, 2.05) is 12.1 Å². The summed E-state index contributed by atoms with van der Waals surface area (Å²) in [6, 6.07) is 8.75. The second-order valence-corrected chi connectivity index (χ2v) is 7.85. The van der Waals surface area contributed by atoms with Crippen molar-refractivity contribution in [3.8, 4) is 5.75 Å². The zero-order valence-corrected chi connectivity index (χ0v) is 12.9. The average molecular weight is 297 g/mol. The van der Waals surface area contributed by atoms with Crippen LogP contribution in [0.4, 0.5) is 0 Å². The highest BCUT2D eigenvalue weighted by Gasteiger charge is 2.24. The Morgan fingerprint density at radius 1 is 1.25 bits per heavy atom. The Labute approximate surface area is 121 Å². The molecule has 0 aliphatic carbocycles. The van der Waals surface area contributed by atoms with Crippen LogP contribution in [-0.2, 0) is 16.3 Å². The normalized spacial score (nSPS) is 20.5. The van der Waals surface area contributed by atoms with E-state index in [0.717, 1.165) is 25.0 Å². The summed E-state index contributed by atoms with van der Waals surface area (Å²) in [7, 11) is -1.11. The van der Waals surface area contributed by atoms with E-state index in [9.17, 15) is 8.42 Å². The van der Waals surface area contributed by atoms with Gasteiger partial charge in [0.25, 0.3) is 0 Å². The largest absolute Gasteiger partial charge is 0.497 e. The highest BCUT2D eigenvalue weighted by atomic mass is 32.2. The zero-order valence-electron chi connectivity index (χ0n) is 12.1. The predicted molar refractivity (Wildman–Crippen MR) is 81.0 cm³/mol. The van der Waals surface area contributed by atoms with Crippen molar-refractivity contribution in [2.45, 2.75) is 38.3 Å². The Morgan fingerprint density at radius 2 is 1.85 bits per heavy atom. The van der Waals surface area contributed by atoms with Crippen molar-refractivity contribution >= 4 is 9.84 Å². The van der Waals surface area contributed by atoms with Gasteiger partial charge >= 0.3 is 0 Å². The summed E-state index contributed by atoms with van der Waals surface area (Å²) < 4.78 is 27.9. The molecule has 2 rings (SSSR count). The Kier molecular flexibility index (Phi) is 5.05. The third-order valence-corrected chi connectivity index (χ3v) is 5.49. The van der Waals surface area contributed by atoms with Crippen LogP contribution in [-0.4, -0.2) is 39.1 Å². The van der Waals surface area contributed by atoms with Gasteiger partial charge in [0.2, 0.25) is 0 Å². The van der Waals surface area contributed by atoms with E-state index in [2.05, 4.69) is 24.4 Å². The molecular weight excluding hydrogens is 274 g/mol. The van der Waals surface area contributed by atoms with Crippen molar-refractivity contribution in [3.63, 3.8) is 0 Å². The van der Waals surface area contributed by atoms with Gasteiger partial charge in [-0.2, -0.15) is 0 Å². The Morgan fingerprint density at radius 3 is 2.40 bits per heavy atom. The van der Waals surface area contributed by atoms with Gasteiger partial charge in [0, 0.05) is 12.1 Å². The minimum absolute atomic E-state index is 0.319. The quantitative estimate of drug-likeness (QED) is 0.900. The minimum atomic E-state index is -2.77. The van der Waals surface area contributed by atoms with Crippen molar-refractivity contribution < 1.29 is 13.2 Å². The molecule has 1 fully saturated rings. The number of hydrogen-bond donors (Lipinski definition) is 1. The summed E-state index contributed by atoms with van der Waals surface area (Å²) in [4.78, 5) is 0. The standard InChI is InChI=1S/C15H23NO3S/c1-12(11-13-3-5-15(19-2)6-4-13)16-14-7-9-20(17,18)10-8-14/h3-6,12,14,16H,7-11H2,1-2H3. The summed E-state index contributed by atoms with van der Waals surface area (Å²) in [6.45, 7) is 2.15. The molecule has 1 aromatic carbocycles. The lowest BCUT2D eigenvalue weighted by Crippen LogP contribution is -2.42. The van der Waals surface area contributed by atoms with Crippen LogP contribution >= 0.6 is 0 Å². The molecule has 0 bridgehead atoms. The summed E-state index contributed by atoms with van der Waals surface area (Å²) in [5, 5.41) is 3.54. The lowest BCUT2D eigenvalue weighted by molar-refractivity contribution is 0.409. The maximum absolute atomic E-state index is 11.4. The topological polar surface area (TPSA) is 55.4 Å². The average Bonchev–Trinajstić information content (AvgIpc) is 2.42. The fourth-order valence-corrected chi connectivity index (χ4v) is 4.12. The molecule has 0 radical (unpaired) electrons. The second kappa shape index (κ2) is 6.59. The van der Waals surface area contributed by atoms with Gasteiger partial charge in [0.05, 0.1) is 18.6 Å². The first kappa shape index (κ1) is 15.3. The van der Waals surface area contributed by atoms with Crippen molar-refractivity contribution in [1.82, 2.24) is 5.32 Å². The molecule has 0 spiro atoms. The minimum Gasteiger partial charge on any atom is -0.497 e. The highest BCUT2D eigenvalue weighted by molar-refractivity contribution is 7.91. The number of methoxy groups -OCH3 is 1. The second-order valence-electron chi connectivity index (χ2n) is 5.55. The first-order chi connectivity index (χ1) is 9.48. The third-order valence-electron chi connectivity index (χ3n) is 3.78. The molecule has 1 heterocycles. The fraction of sp³-hybridized carbons (Fsp3) is 0.600. The van der Waals surface area contributed by atoms with Crippen LogP contribution in [0, 0.1) is 0 Å². The van der Waals surface area contributed by atoms with Gasteiger partial charge in [-0.25, -0.2) is 8.42 Å². The maximum atomic E-state index is 11.4. The van der Waals surface area contributed by atoms with Gasteiger partial charge < -0.3 is 10.1 Å². The molecule has 20 heavy (non-hydrogen) atoms. The van der Waals surface area contributed by atoms with Crippen LogP contribution in [0.25, 0.3) is 0 Å². The zero-order chi connectivity index (χ0) is 14.6. The summed E-state index contributed by atoms with van der Waals surface area (Å²) in [6.07, 6.45) is 2.40. The number of rotatable bonds is 5. The smallest absolute Gasteiger partial charge is 0.150 e. The van der Waals surface area contributed by atoms with Crippen molar-refractivity contribution in [1.29, 1.82) is 0 Å². The van der Waals surface area contributed by atoms with E-state index in [0.29, 0.717) is 23.6 Å². The van der Waals surface area contributed by atoms with E-state index in [4.69, 9.17) is 4.74 Å². The van der Waals surface area contributed by atoms with Gasteiger partial charge in [-0.15, -0.1) is 0 Å². The van der Waals surface area contributed by atoms with Crippen LogP contribution in [0.3, 0.4) is 0 Å². The number of hydrogen-bond acceptors (Lipinski definition) is 4. The third kappa shape index (κ3) is 4.49. The van der Waals surface area contributed by atoms with Crippen LogP contribution < -0.4 is 10.1 Å². The first-order valence-electron chi connectivity index (χ1n) is 7.08. The van der Waals surface area contributed by atoms with Gasteiger partial charge in [-0.05, 0) is 43.9 Å². The molecule has 1 aliphatic heterocycles. The van der Waals surface area contributed by atoms with Crippen LogP contribution in [0.1, 0.15) is 25.3 Å². The van der Waals surface area contributed by atoms with E-state index in [1.165, 1.54) is 5.56 Å². The van der Waals surface area contributed by atoms with Crippen molar-refractivity contribution in [3.05, 3.63) is 29.8 Å². The molecule has 0 saturated carbocycles. The molecule has 1 unspecified atom stereocenters. The molecule has 5 heteroatoms. The van der Waals surface area contributed by atoms with Gasteiger partial charge in [0.15, 0.2) is 0 Å². The Bertz CT molecular complexity index is 511. The van der Waals surface area contributed by atoms with Crippen LogP contribution in [0.2, 0.25) is 0 Å². The van der Waals surface area contributed by atoms with E-state index < -0.39 is 9.84 Å².